The van der Waals surface area contributed by atoms with Gasteiger partial charge in [0.15, 0.2) is 0 Å². The normalized spacial score (nSPS) is 14.4. The zero-order chi connectivity index (χ0) is 19.4. The molecule has 0 radical (unpaired) electrons. The van der Waals surface area contributed by atoms with E-state index in [9.17, 15) is 18.8 Å². The van der Waals surface area contributed by atoms with Crippen molar-refractivity contribution in [1.82, 2.24) is 15.2 Å². The summed E-state index contributed by atoms with van der Waals surface area (Å²) in [4.78, 5) is 37.0. The summed E-state index contributed by atoms with van der Waals surface area (Å²) >= 11 is 0. The van der Waals surface area contributed by atoms with E-state index in [0.29, 0.717) is 5.92 Å². The Bertz CT molecular complexity index is 888. The molecule has 27 heavy (non-hydrogen) atoms. The number of benzene rings is 1. The van der Waals surface area contributed by atoms with Crippen molar-refractivity contribution in [3.05, 3.63) is 69.9 Å². The highest BCUT2D eigenvalue weighted by Gasteiger charge is 2.28. The monoisotopic (exact) mass is 371 g/mol. The van der Waals surface area contributed by atoms with Gasteiger partial charge in [-0.1, -0.05) is 12.1 Å². The van der Waals surface area contributed by atoms with Crippen LogP contribution in [0.25, 0.3) is 0 Å². The average molecular weight is 371 g/mol. The minimum absolute atomic E-state index is 0.0392. The molecule has 0 spiro atoms. The van der Waals surface area contributed by atoms with E-state index in [0.717, 1.165) is 18.4 Å². The van der Waals surface area contributed by atoms with Gasteiger partial charge in [-0.3, -0.25) is 14.4 Å². The molecule has 1 aromatic carbocycles. The van der Waals surface area contributed by atoms with Gasteiger partial charge in [-0.25, -0.2) is 4.39 Å². The quantitative estimate of drug-likeness (QED) is 0.779. The summed E-state index contributed by atoms with van der Waals surface area (Å²) in [6.07, 6.45) is 3.72. The van der Waals surface area contributed by atoms with Crippen molar-refractivity contribution in [2.24, 2.45) is 5.92 Å². The highest BCUT2D eigenvalue weighted by atomic mass is 19.1. The maximum atomic E-state index is 12.9. The number of hydrogen-bond donors (Lipinski definition) is 2. The van der Waals surface area contributed by atoms with Crippen molar-refractivity contribution in [1.29, 1.82) is 0 Å². The number of nitrogens with one attached hydrogen (secondary N) is 2. The Morgan fingerprint density at radius 2 is 1.93 bits per heavy atom. The zero-order valence-electron chi connectivity index (χ0n) is 15.1. The molecular formula is C20H22FN3O3. The highest BCUT2D eigenvalue weighted by Crippen LogP contribution is 2.32. The second-order valence-corrected chi connectivity index (χ2v) is 6.86. The maximum absolute atomic E-state index is 12.9. The molecular weight excluding hydrogens is 349 g/mol. The van der Waals surface area contributed by atoms with Gasteiger partial charge < -0.3 is 15.2 Å². The molecule has 6 nitrogen and oxygen atoms in total. The molecule has 2 N–H and O–H groups in total. The SMILES string of the molecule is C[C@@H](NC(=O)Cn1cccc(C(=O)NCc2ccc(F)cc2)c1=O)C1CC1. The Kier molecular flexibility index (Phi) is 5.69. The number of carbonyl (C=O) groups excluding carboxylic acids is 2. The molecule has 0 aliphatic heterocycles. The van der Waals surface area contributed by atoms with Gasteiger partial charge in [-0.05, 0) is 55.5 Å². The second kappa shape index (κ2) is 8.16. The third-order valence-electron chi connectivity index (χ3n) is 4.66. The largest absolute Gasteiger partial charge is 0.352 e. The Morgan fingerprint density at radius 3 is 2.59 bits per heavy atom. The van der Waals surface area contributed by atoms with Gasteiger partial charge in [-0.15, -0.1) is 0 Å². The van der Waals surface area contributed by atoms with Crippen molar-refractivity contribution in [3.8, 4) is 0 Å². The fourth-order valence-corrected chi connectivity index (χ4v) is 2.88. The zero-order valence-corrected chi connectivity index (χ0v) is 15.1. The standard InChI is InChI=1S/C20H22FN3O3/c1-13(15-6-7-15)23-18(25)12-24-10-2-3-17(20(24)27)19(26)22-11-14-4-8-16(21)9-5-14/h2-5,8-10,13,15H,6-7,11-12H2,1H3,(H,22,26)(H,23,25)/t13-/m1/s1. The minimum Gasteiger partial charge on any atom is -0.352 e. The molecule has 1 fully saturated rings. The lowest BCUT2D eigenvalue weighted by Gasteiger charge is -2.14. The first-order valence-electron chi connectivity index (χ1n) is 8.95. The summed E-state index contributed by atoms with van der Waals surface area (Å²) in [6, 6.07) is 8.80. The Balaban J connectivity index is 1.62. The molecule has 1 aliphatic rings. The lowest BCUT2D eigenvalue weighted by Crippen LogP contribution is -2.39. The minimum atomic E-state index is -0.537. The Hall–Kier alpha value is -2.96. The van der Waals surface area contributed by atoms with Crippen molar-refractivity contribution in [2.45, 2.75) is 38.9 Å². The van der Waals surface area contributed by atoms with Crippen LogP contribution in [0, 0.1) is 11.7 Å². The van der Waals surface area contributed by atoms with Gasteiger partial charge in [0.1, 0.15) is 17.9 Å². The van der Waals surface area contributed by atoms with E-state index >= 15 is 0 Å². The first kappa shape index (κ1) is 18.8. The first-order chi connectivity index (χ1) is 12.9. The third kappa shape index (κ3) is 5.03. The molecule has 1 aliphatic carbocycles. The number of rotatable bonds is 7. The molecule has 2 aromatic rings. The van der Waals surface area contributed by atoms with E-state index in [-0.39, 0.29) is 36.4 Å². The van der Waals surface area contributed by atoms with Crippen LogP contribution in [0.15, 0.2) is 47.4 Å². The summed E-state index contributed by atoms with van der Waals surface area (Å²) in [5.74, 6) is -0.620. The Morgan fingerprint density at radius 1 is 1.22 bits per heavy atom. The fourth-order valence-electron chi connectivity index (χ4n) is 2.88. The van der Waals surface area contributed by atoms with E-state index in [4.69, 9.17) is 0 Å². The number of carbonyl (C=O) groups is 2. The highest BCUT2D eigenvalue weighted by molar-refractivity contribution is 5.93. The lowest BCUT2D eigenvalue weighted by atomic mass is 10.2. The van der Waals surface area contributed by atoms with E-state index in [1.165, 1.54) is 29.0 Å². The van der Waals surface area contributed by atoms with Gasteiger partial charge in [0.2, 0.25) is 5.91 Å². The van der Waals surface area contributed by atoms with E-state index < -0.39 is 11.5 Å². The van der Waals surface area contributed by atoms with Gasteiger partial charge >= 0.3 is 0 Å². The van der Waals surface area contributed by atoms with Crippen molar-refractivity contribution >= 4 is 11.8 Å². The van der Waals surface area contributed by atoms with E-state index in [2.05, 4.69) is 10.6 Å². The second-order valence-electron chi connectivity index (χ2n) is 6.86. The molecule has 7 heteroatoms. The predicted octanol–water partition coefficient (Wildman–Crippen LogP) is 1.83. The molecule has 1 saturated carbocycles. The third-order valence-corrected chi connectivity index (χ3v) is 4.66. The van der Waals surface area contributed by atoms with Gasteiger partial charge in [0.25, 0.3) is 11.5 Å². The number of pyridine rings is 1. The predicted molar refractivity (Wildman–Crippen MR) is 98.6 cm³/mol. The number of halogens is 1. The smallest absolute Gasteiger partial charge is 0.263 e. The van der Waals surface area contributed by atoms with Gasteiger partial charge in [-0.2, -0.15) is 0 Å². The summed E-state index contributed by atoms with van der Waals surface area (Å²) in [5.41, 5.74) is 0.153. The number of amides is 2. The summed E-state index contributed by atoms with van der Waals surface area (Å²) < 4.78 is 14.1. The van der Waals surface area contributed by atoms with Crippen LogP contribution < -0.4 is 16.2 Å². The Labute approximate surface area is 156 Å². The summed E-state index contributed by atoms with van der Waals surface area (Å²) in [6.45, 7) is 2.00. The van der Waals surface area contributed by atoms with E-state index in [1.54, 1.807) is 18.2 Å². The summed E-state index contributed by atoms with van der Waals surface area (Å²) in [7, 11) is 0. The van der Waals surface area contributed by atoms with Crippen LogP contribution in [0.2, 0.25) is 0 Å². The topological polar surface area (TPSA) is 80.2 Å². The first-order valence-corrected chi connectivity index (χ1v) is 8.95. The van der Waals surface area contributed by atoms with Crippen molar-refractivity contribution in [3.63, 3.8) is 0 Å². The van der Waals surface area contributed by atoms with Crippen LogP contribution in [0.4, 0.5) is 4.39 Å². The molecule has 142 valence electrons. The van der Waals surface area contributed by atoms with Crippen LogP contribution in [0.5, 0.6) is 0 Å². The number of aromatic nitrogens is 1. The fraction of sp³-hybridized carbons (Fsp3) is 0.350. The van der Waals surface area contributed by atoms with E-state index in [1.807, 2.05) is 6.92 Å². The van der Waals surface area contributed by atoms with Crippen LogP contribution >= 0.6 is 0 Å². The van der Waals surface area contributed by atoms with Crippen LogP contribution in [-0.2, 0) is 17.9 Å². The average Bonchev–Trinajstić information content (AvgIpc) is 3.48. The maximum Gasteiger partial charge on any atom is 0.263 e. The molecule has 2 amide bonds. The molecule has 0 saturated heterocycles. The molecule has 1 aromatic heterocycles. The van der Waals surface area contributed by atoms with Crippen LogP contribution in [-0.4, -0.2) is 22.4 Å². The van der Waals surface area contributed by atoms with Gasteiger partial charge in [0.05, 0.1) is 0 Å². The number of nitrogens with zero attached hydrogens (tertiary/aromatic N) is 1. The van der Waals surface area contributed by atoms with Crippen molar-refractivity contribution in [2.75, 3.05) is 0 Å². The van der Waals surface area contributed by atoms with Gasteiger partial charge in [0, 0.05) is 18.8 Å². The molecule has 3 rings (SSSR count). The lowest BCUT2D eigenvalue weighted by molar-refractivity contribution is -0.122. The van der Waals surface area contributed by atoms with Crippen LogP contribution in [0.1, 0.15) is 35.7 Å². The molecule has 1 atom stereocenters. The number of hydrogen-bond acceptors (Lipinski definition) is 3. The molecule has 0 unspecified atom stereocenters. The summed E-state index contributed by atoms with van der Waals surface area (Å²) in [5, 5.41) is 5.52. The van der Waals surface area contributed by atoms with Crippen molar-refractivity contribution < 1.29 is 14.0 Å². The molecule has 1 heterocycles. The molecule has 0 bridgehead atoms. The van der Waals surface area contributed by atoms with Crippen LogP contribution in [0.3, 0.4) is 0 Å².